The Morgan fingerprint density at radius 1 is 1.09 bits per heavy atom. The molecule has 1 heterocycles. The molecule has 1 saturated heterocycles. The van der Waals surface area contributed by atoms with Crippen LogP contribution in [0.15, 0.2) is 70.6 Å². The summed E-state index contributed by atoms with van der Waals surface area (Å²) in [4.78, 5) is 31.0. The molecule has 0 saturated carbocycles. The van der Waals surface area contributed by atoms with E-state index in [1.54, 1.807) is 17.0 Å². The second-order valence-corrected chi connectivity index (χ2v) is 8.05. The van der Waals surface area contributed by atoms with Crippen molar-refractivity contribution in [3.63, 3.8) is 0 Å². The number of hydrogen-bond acceptors (Lipinski definition) is 5. The number of aliphatic imine (C=N–C) groups is 1. The van der Waals surface area contributed by atoms with Gasteiger partial charge in [0.1, 0.15) is 5.75 Å². The van der Waals surface area contributed by atoms with Crippen molar-refractivity contribution in [2.24, 2.45) is 4.99 Å². The van der Waals surface area contributed by atoms with Crippen molar-refractivity contribution in [1.82, 2.24) is 4.90 Å². The first-order valence-corrected chi connectivity index (χ1v) is 11.1. The molecule has 0 radical (unpaired) electrons. The van der Waals surface area contributed by atoms with Gasteiger partial charge in [0.25, 0.3) is 5.91 Å². The summed E-state index contributed by atoms with van der Waals surface area (Å²) in [5.74, 6) is -0.381. The van der Waals surface area contributed by atoms with Crippen LogP contribution in [0.4, 0.5) is 5.69 Å². The Bertz CT molecular complexity index is 1250. The van der Waals surface area contributed by atoms with Gasteiger partial charge in [0, 0.05) is 12.1 Å². The summed E-state index contributed by atoms with van der Waals surface area (Å²) >= 11 is 1.30. The Labute approximate surface area is 190 Å². The predicted molar refractivity (Wildman–Crippen MR) is 129 cm³/mol. The topological polar surface area (TPSA) is 79.2 Å². The van der Waals surface area contributed by atoms with Crippen LogP contribution in [0, 0.1) is 0 Å². The average Bonchev–Trinajstić information content (AvgIpc) is 3.09. The van der Waals surface area contributed by atoms with Crippen LogP contribution < -0.4 is 4.74 Å². The number of hydrogen-bond donors (Lipinski definition) is 1. The molecule has 1 fully saturated rings. The van der Waals surface area contributed by atoms with E-state index in [1.165, 1.54) is 23.9 Å². The number of benzene rings is 3. The monoisotopic (exact) mass is 446 g/mol. The fourth-order valence-electron chi connectivity index (χ4n) is 3.50. The second kappa shape index (κ2) is 9.28. The van der Waals surface area contributed by atoms with E-state index < -0.39 is 5.97 Å². The molecule has 1 N–H and O–H groups in total. The molecule has 32 heavy (non-hydrogen) atoms. The molecule has 1 aliphatic rings. The zero-order chi connectivity index (χ0) is 22.7. The average molecular weight is 447 g/mol. The van der Waals surface area contributed by atoms with E-state index >= 15 is 0 Å². The number of carboxylic acids is 1. The molecule has 1 amide bonds. The number of likely N-dealkylation sites (N-methyl/N-ethyl adjacent to an activating group) is 1. The quantitative estimate of drug-likeness (QED) is 0.502. The summed E-state index contributed by atoms with van der Waals surface area (Å²) in [5, 5.41) is 11.7. The minimum atomic E-state index is -0.991. The van der Waals surface area contributed by atoms with Gasteiger partial charge in [0.15, 0.2) is 5.17 Å². The number of thioether (sulfide) groups is 1. The maximum atomic E-state index is 13.1. The van der Waals surface area contributed by atoms with Crippen LogP contribution >= 0.6 is 11.8 Å². The molecule has 6 nitrogen and oxygen atoms in total. The van der Waals surface area contributed by atoms with Gasteiger partial charge in [-0.3, -0.25) is 9.69 Å². The van der Waals surface area contributed by atoms with E-state index in [0.29, 0.717) is 28.9 Å². The molecule has 0 unspecified atom stereocenters. The predicted octanol–water partition coefficient (Wildman–Crippen LogP) is 5.56. The Morgan fingerprint density at radius 3 is 2.53 bits per heavy atom. The second-order valence-electron chi connectivity index (χ2n) is 7.04. The van der Waals surface area contributed by atoms with Gasteiger partial charge in [-0.25, -0.2) is 9.79 Å². The van der Waals surface area contributed by atoms with Crippen molar-refractivity contribution in [3.8, 4) is 5.75 Å². The van der Waals surface area contributed by atoms with Crippen LogP contribution in [0.5, 0.6) is 5.75 Å². The summed E-state index contributed by atoms with van der Waals surface area (Å²) in [6.07, 6.45) is 1.87. The molecule has 1 aliphatic heterocycles. The molecule has 3 aromatic carbocycles. The van der Waals surface area contributed by atoms with E-state index in [2.05, 4.69) is 4.99 Å². The molecule has 7 heteroatoms. The van der Waals surface area contributed by atoms with Crippen LogP contribution in [0.1, 0.15) is 29.8 Å². The summed E-state index contributed by atoms with van der Waals surface area (Å²) in [7, 11) is 0. The van der Waals surface area contributed by atoms with Crippen molar-refractivity contribution in [3.05, 3.63) is 76.7 Å². The smallest absolute Gasteiger partial charge is 0.335 e. The van der Waals surface area contributed by atoms with Crippen molar-refractivity contribution >= 4 is 51.3 Å². The largest absolute Gasteiger partial charge is 0.493 e. The fourth-order valence-corrected chi connectivity index (χ4v) is 4.54. The lowest BCUT2D eigenvalue weighted by atomic mass is 10.0. The molecular weight excluding hydrogens is 424 g/mol. The third kappa shape index (κ3) is 4.24. The lowest BCUT2D eigenvalue weighted by molar-refractivity contribution is -0.122. The number of carbonyl (C=O) groups is 2. The van der Waals surface area contributed by atoms with Crippen molar-refractivity contribution in [2.45, 2.75) is 13.8 Å². The minimum Gasteiger partial charge on any atom is -0.493 e. The van der Waals surface area contributed by atoms with Crippen molar-refractivity contribution < 1.29 is 19.4 Å². The summed E-state index contributed by atoms with van der Waals surface area (Å²) in [6, 6.07) is 18.2. The number of carbonyl (C=O) groups excluding carboxylic acids is 1. The van der Waals surface area contributed by atoms with Gasteiger partial charge >= 0.3 is 5.97 Å². The standard InChI is InChI=1S/C25H22N2O4S/c1-3-27-23(28)22(32-25(27)26-18-12-9-17(10-13-18)24(29)30)15-20-19-8-6-5-7-16(19)11-14-21(20)31-4-2/h5-15H,3-4H2,1-2H3,(H,29,30)/b22-15+,26-25?. The molecule has 0 aromatic heterocycles. The number of carboxylic acid groups (broad SMARTS) is 1. The highest BCUT2D eigenvalue weighted by molar-refractivity contribution is 8.18. The Balaban J connectivity index is 1.75. The third-order valence-electron chi connectivity index (χ3n) is 5.05. The Hall–Kier alpha value is -3.58. The van der Waals surface area contributed by atoms with Gasteiger partial charge in [-0.05, 0) is 72.8 Å². The van der Waals surface area contributed by atoms with Gasteiger partial charge in [-0.15, -0.1) is 0 Å². The third-order valence-corrected chi connectivity index (χ3v) is 6.06. The maximum Gasteiger partial charge on any atom is 0.335 e. The highest BCUT2D eigenvalue weighted by atomic mass is 32.2. The number of rotatable bonds is 6. The molecule has 162 valence electrons. The van der Waals surface area contributed by atoms with Crippen molar-refractivity contribution in [1.29, 1.82) is 0 Å². The lowest BCUT2D eigenvalue weighted by Crippen LogP contribution is -2.28. The first kappa shape index (κ1) is 21.6. The molecule has 0 atom stereocenters. The maximum absolute atomic E-state index is 13.1. The normalized spacial score (nSPS) is 16.3. The molecule has 0 spiro atoms. The van der Waals surface area contributed by atoms with Crippen LogP contribution in [0.3, 0.4) is 0 Å². The molecule has 3 aromatic rings. The van der Waals surface area contributed by atoms with Gasteiger partial charge in [-0.2, -0.15) is 0 Å². The van der Waals surface area contributed by atoms with E-state index in [4.69, 9.17) is 9.84 Å². The zero-order valence-corrected chi connectivity index (χ0v) is 18.6. The molecular formula is C25H22N2O4S. The molecule has 0 aliphatic carbocycles. The van der Waals surface area contributed by atoms with Gasteiger partial charge in [0.2, 0.25) is 0 Å². The van der Waals surface area contributed by atoms with Crippen LogP contribution in [-0.4, -0.2) is 40.2 Å². The number of amidine groups is 1. The number of aromatic carboxylic acids is 1. The van der Waals surface area contributed by atoms with Gasteiger partial charge in [-0.1, -0.05) is 30.3 Å². The number of ether oxygens (including phenoxy) is 1. The van der Waals surface area contributed by atoms with Crippen LogP contribution in [-0.2, 0) is 4.79 Å². The molecule has 4 rings (SSSR count). The van der Waals surface area contributed by atoms with Gasteiger partial charge < -0.3 is 9.84 Å². The Morgan fingerprint density at radius 2 is 1.84 bits per heavy atom. The highest BCUT2D eigenvalue weighted by Crippen LogP contribution is 2.37. The first-order chi connectivity index (χ1) is 15.5. The Kier molecular flexibility index (Phi) is 6.28. The van der Waals surface area contributed by atoms with E-state index in [0.717, 1.165) is 22.1 Å². The summed E-state index contributed by atoms with van der Waals surface area (Å²) in [6.45, 7) is 4.83. The van der Waals surface area contributed by atoms with Crippen LogP contribution in [0.2, 0.25) is 0 Å². The number of fused-ring (bicyclic) bond motifs is 1. The van der Waals surface area contributed by atoms with E-state index in [9.17, 15) is 9.59 Å². The summed E-state index contributed by atoms with van der Waals surface area (Å²) in [5.41, 5.74) is 1.64. The minimum absolute atomic E-state index is 0.117. The van der Waals surface area contributed by atoms with Crippen molar-refractivity contribution in [2.75, 3.05) is 13.2 Å². The molecule has 0 bridgehead atoms. The summed E-state index contributed by atoms with van der Waals surface area (Å²) < 4.78 is 5.84. The number of amides is 1. The number of nitrogens with zero attached hydrogens (tertiary/aromatic N) is 2. The fraction of sp³-hybridized carbons (Fsp3) is 0.160. The highest BCUT2D eigenvalue weighted by Gasteiger charge is 2.32. The van der Waals surface area contributed by atoms with E-state index in [1.807, 2.05) is 56.3 Å². The lowest BCUT2D eigenvalue weighted by Gasteiger charge is -2.12. The zero-order valence-electron chi connectivity index (χ0n) is 17.7. The first-order valence-electron chi connectivity index (χ1n) is 10.3. The van der Waals surface area contributed by atoms with E-state index in [-0.39, 0.29) is 11.5 Å². The van der Waals surface area contributed by atoms with Gasteiger partial charge in [0.05, 0.1) is 22.8 Å². The van der Waals surface area contributed by atoms with Crippen LogP contribution in [0.25, 0.3) is 16.8 Å². The SMILES string of the molecule is CCOc1ccc2ccccc2c1/C=C1/SC(=Nc2ccc(C(=O)O)cc2)N(CC)C1=O.